The first-order valence-corrected chi connectivity index (χ1v) is 13.0. The average Bonchev–Trinajstić information content (AvgIpc) is 2.62. The zero-order chi connectivity index (χ0) is 16.8. The lowest BCUT2D eigenvalue weighted by molar-refractivity contribution is 0.320. The minimum Gasteiger partial charge on any atom is -0.315 e. The predicted octanol–water partition coefficient (Wildman–Crippen LogP) is 3.81. The maximum atomic E-state index is 5.00. The molecule has 1 N–H and O–H groups in total. The molecule has 2 heterocycles. The van der Waals surface area contributed by atoms with Crippen LogP contribution in [0.15, 0.2) is 0 Å². The van der Waals surface area contributed by atoms with Crippen molar-refractivity contribution in [3.8, 4) is 0 Å². The molecule has 0 bridgehead atoms. The van der Waals surface area contributed by atoms with Crippen LogP contribution in [0, 0.1) is 0 Å². The van der Waals surface area contributed by atoms with Gasteiger partial charge in [0.1, 0.15) is 0 Å². The topological polar surface area (TPSA) is 15.3 Å². The molecule has 0 aromatic rings. The summed E-state index contributed by atoms with van der Waals surface area (Å²) in [5.41, 5.74) is 0. The number of nitrogens with zero attached hydrogens (tertiary/aromatic N) is 1. The summed E-state index contributed by atoms with van der Waals surface area (Å²) in [4.78, 5) is 2.50. The number of hydrogen-bond acceptors (Lipinski definition) is 6. The molecule has 21 heavy (non-hydrogen) atoms. The normalized spacial score (nSPS) is 17.1. The molecule has 2 rings (SSSR count). The molecule has 2 nitrogen and oxygen atoms in total. The molecular weight excluding hydrogens is 398 g/mol. The van der Waals surface area contributed by atoms with Crippen LogP contribution in [0.2, 0.25) is 0 Å². The van der Waals surface area contributed by atoms with Crippen LogP contribution in [0.5, 0.6) is 0 Å². The Morgan fingerprint density at radius 2 is 1.33 bits per heavy atom. The molecular formula is C12H29ClN2P2S4. The Labute approximate surface area is 159 Å². The standard InChI is InChI=1S/C6H13NS.C4H9NS.C2H5Cl.2HPS/c1-2-7-3-5-8-6-4-7;1-3-6-4-2-5-1;1-2-3;2*1-2/h2-6H2,1H3;5H,1-4H2;2H2,1H3;2*1H. The van der Waals surface area contributed by atoms with E-state index >= 15 is 0 Å². The number of alkyl halides is 1. The summed E-state index contributed by atoms with van der Waals surface area (Å²) in [7, 11) is 5.11. The van der Waals surface area contributed by atoms with Crippen molar-refractivity contribution < 1.29 is 0 Å². The van der Waals surface area contributed by atoms with Gasteiger partial charge in [-0.25, -0.2) is 0 Å². The summed E-state index contributed by atoms with van der Waals surface area (Å²) in [5, 5.41) is 3.26. The lowest BCUT2D eigenvalue weighted by atomic mass is 10.5. The molecule has 0 spiro atoms. The highest BCUT2D eigenvalue weighted by Crippen LogP contribution is 2.07. The number of nitrogens with one attached hydrogen (secondary N) is 1. The van der Waals surface area contributed by atoms with E-state index in [1.807, 2.05) is 18.7 Å². The summed E-state index contributed by atoms with van der Waals surface area (Å²) in [6, 6.07) is 0. The fourth-order valence-electron chi connectivity index (χ4n) is 1.43. The Balaban J connectivity index is -0.000000222. The van der Waals surface area contributed by atoms with Crippen LogP contribution >= 0.6 is 51.2 Å². The molecule has 0 atom stereocenters. The van der Waals surface area contributed by atoms with Crippen molar-refractivity contribution >= 4 is 74.8 Å². The molecule has 0 unspecified atom stereocenters. The van der Waals surface area contributed by atoms with Crippen LogP contribution in [-0.4, -0.2) is 66.5 Å². The van der Waals surface area contributed by atoms with Gasteiger partial charge in [0.05, 0.1) is 0 Å². The third-order valence-corrected chi connectivity index (χ3v) is 4.33. The van der Waals surface area contributed by atoms with Gasteiger partial charge in [0.2, 0.25) is 0 Å². The molecule has 9 heteroatoms. The van der Waals surface area contributed by atoms with Gasteiger partial charge in [0.15, 0.2) is 0 Å². The highest BCUT2D eigenvalue weighted by Gasteiger charge is 2.05. The lowest BCUT2D eigenvalue weighted by Crippen LogP contribution is -2.31. The Morgan fingerprint density at radius 1 is 0.952 bits per heavy atom. The lowest BCUT2D eigenvalue weighted by Gasteiger charge is -2.23. The third kappa shape index (κ3) is 27.1. The van der Waals surface area contributed by atoms with E-state index in [0.29, 0.717) is 0 Å². The van der Waals surface area contributed by atoms with Crippen molar-refractivity contribution in [1.29, 1.82) is 0 Å². The van der Waals surface area contributed by atoms with Crippen LogP contribution in [0.4, 0.5) is 0 Å². The van der Waals surface area contributed by atoms with Gasteiger partial charge in [-0.2, -0.15) is 23.5 Å². The van der Waals surface area contributed by atoms with E-state index in [1.165, 1.54) is 55.7 Å². The van der Waals surface area contributed by atoms with Gasteiger partial charge in [-0.1, -0.05) is 37.5 Å². The largest absolute Gasteiger partial charge is 0.315 e. The van der Waals surface area contributed by atoms with Crippen molar-refractivity contribution in [1.82, 2.24) is 10.2 Å². The van der Waals surface area contributed by atoms with Gasteiger partial charge in [-0.3, -0.25) is 0 Å². The van der Waals surface area contributed by atoms with Gasteiger partial charge in [-0.05, 0) is 22.6 Å². The smallest absolute Gasteiger partial charge is 0.0195 e. The summed E-state index contributed by atoms with van der Waals surface area (Å²) < 4.78 is 0. The van der Waals surface area contributed by atoms with E-state index in [2.05, 4.69) is 68.5 Å². The second kappa shape index (κ2) is 29.9. The van der Waals surface area contributed by atoms with Crippen molar-refractivity contribution in [2.45, 2.75) is 13.8 Å². The summed E-state index contributed by atoms with van der Waals surface area (Å²) in [6.45, 7) is 10.4. The second-order valence-electron chi connectivity index (χ2n) is 3.68. The zero-order valence-corrected chi connectivity index (χ0v) is 19.1. The van der Waals surface area contributed by atoms with Crippen molar-refractivity contribution in [2.75, 3.05) is 61.6 Å². The quantitative estimate of drug-likeness (QED) is 0.503. The van der Waals surface area contributed by atoms with E-state index in [-0.39, 0.29) is 0 Å². The first kappa shape index (κ1) is 27.8. The van der Waals surface area contributed by atoms with Crippen molar-refractivity contribution in [3.63, 3.8) is 0 Å². The van der Waals surface area contributed by atoms with Crippen LogP contribution in [-0.2, 0) is 23.6 Å². The monoisotopic (exact) mass is 426 g/mol. The second-order valence-corrected chi connectivity index (χ2v) is 6.66. The minimum atomic E-state index is 0.722. The molecule has 2 aliphatic rings. The molecule has 0 aromatic heterocycles. The Hall–Kier alpha value is 1.95. The van der Waals surface area contributed by atoms with E-state index in [1.54, 1.807) is 0 Å². The third-order valence-electron chi connectivity index (χ3n) is 2.40. The summed E-state index contributed by atoms with van der Waals surface area (Å²) >= 11 is 16.9. The fourth-order valence-corrected chi connectivity index (χ4v) is 3.19. The Kier molecular flexibility index (Phi) is 39.6. The van der Waals surface area contributed by atoms with Crippen LogP contribution in [0.3, 0.4) is 0 Å². The van der Waals surface area contributed by atoms with E-state index in [4.69, 9.17) is 11.6 Å². The highest BCUT2D eigenvalue weighted by molar-refractivity contribution is 7.99. The van der Waals surface area contributed by atoms with Gasteiger partial charge in [0.25, 0.3) is 0 Å². The zero-order valence-electron chi connectivity index (χ0n) is 13.0. The molecule has 2 fully saturated rings. The number of hydrogen-bond donors (Lipinski definition) is 1. The summed E-state index contributed by atoms with van der Waals surface area (Å²) in [5.74, 6) is 6.02. The average molecular weight is 427 g/mol. The van der Waals surface area contributed by atoms with Crippen LogP contribution in [0.1, 0.15) is 13.8 Å². The first-order chi connectivity index (χ1) is 10.3. The molecule has 0 saturated carbocycles. The number of thioether (sulfide) groups is 2. The maximum Gasteiger partial charge on any atom is 0.0195 e. The van der Waals surface area contributed by atoms with E-state index < -0.39 is 0 Å². The van der Waals surface area contributed by atoms with Gasteiger partial charge in [0, 0.05) is 55.1 Å². The van der Waals surface area contributed by atoms with Crippen LogP contribution < -0.4 is 5.32 Å². The number of rotatable bonds is 1. The first-order valence-electron chi connectivity index (χ1n) is 6.90. The van der Waals surface area contributed by atoms with Gasteiger partial charge in [-0.15, -0.1) is 11.6 Å². The van der Waals surface area contributed by atoms with E-state index in [9.17, 15) is 0 Å². The molecule has 0 amide bonds. The Bertz CT molecular complexity index is 164. The Morgan fingerprint density at radius 3 is 1.52 bits per heavy atom. The van der Waals surface area contributed by atoms with Crippen molar-refractivity contribution in [3.05, 3.63) is 0 Å². The van der Waals surface area contributed by atoms with Gasteiger partial charge < -0.3 is 10.2 Å². The minimum absolute atomic E-state index is 0.722. The van der Waals surface area contributed by atoms with E-state index in [0.717, 1.165) is 5.88 Å². The van der Waals surface area contributed by atoms with Crippen LogP contribution in [0.25, 0.3) is 0 Å². The predicted molar refractivity (Wildman–Crippen MR) is 117 cm³/mol. The molecule has 0 aromatic carbocycles. The molecule has 2 aliphatic heterocycles. The molecule has 128 valence electrons. The fraction of sp³-hybridized carbons (Fsp3) is 1.00. The van der Waals surface area contributed by atoms with Crippen molar-refractivity contribution in [2.24, 2.45) is 0 Å². The molecule has 0 aliphatic carbocycles. The maximum absolute atomic E-state index is 5.00. The highest BCUT2D eigenvalue weighted by atomic mass is 35.5. The molecule has 0 radical (unpaired) electrons. The van der Waals surface area contributed by atoms with Gasteiger partial charge >= 0.3 is 0 Å². The number of halogens is 1. The molecule has 2 saturated heterocycles. The summed E-state index contributed by atoms with van der Waals surface area (Å²) in [6.07, 6.45) is 0. The SMILES string of the molecule is C1CSCCN1.CCCl.CCN1CCSCC1.P=S.P=S.